The fourth-order valence-corrected chi connectivity index (χ4v) is 1.92. The maximum atomic E-state index is 9.58. The van der Waals surface area contributed by atoms with Crippen molar-refractivity contribution in [3.63, 3.8) is 0 Å². The van der Waals surface area contributed by atoms with Crippen LogP contribution in [0.25, 0.3) is 6.08 Å². The summed E-state index contributed by atoms with van der Waals surface area (Å²) in [5.41, 5.74) is 0.872. The molecule has 110 valence electrons. The molecule has 2 rings (SSSR count). The van der Waals surface area contributed by atoms with Crippen molar-refractivity contribution in [3.05, 3.63) is 53.8 Å². The SMILES string of the molecule is COc1cc(C=C(C)Oc2ccccc2OC)ccc1O. The summed E-state index contributed by atoms with van der Waals surface area (Å²) in [5.74, 6) is 2.56. The molecule has 0 aliphatic rings. The van der Waals surface area contributed by atoms with E-state index in [1.165, 1.54) is 7.11 Å². The van der Waals surface area contributed by atoms with Gasteiger partial charge in [-0.1, -0.05) is 18.2 Å². The standard InChI is InChI=1S/C17H18O4/c1-12(21-16-7-5-4-6-15(16)19-2)10-13-8-9-14(18)17(11-13)20-3/h4-11,18H,1-3H3. The molecule has 4 heteroatoms. The van der Waals surface area contributed by atoms with Gasteiger partial charge in [0.25, 0.3) is 0 Å². The lowest BCUT2D eigenvalue weighted by atomic mass is 10.2. The number of phenolic OH excluding ortho intramolecular Hbond substituents is 1. The van der Waals surface area contributed by atoms with Gasteiger partial charge >= 0.3 is 0 Å². The summed E-state index contributed by atoms with van der Waals surface area (Å²) >= 11 is 0. The molecule has 0 radical (unpaired) electrons. The van der Waals surface area contributed by atoms with Crippen molar-refractivity contribution in [1.82, 2.24) is 0 Å². The molecule has 0 atom stereocenters. The second-order valence-electron chi connectivity index (χ2n) is 4.44. The Kier molecular flexibility index (Phi) is 4.72. The number of ether oxygens (including phenoxy) is 3. The minimum Gasteiger partial charge on any atom is -0.504 e. The van der Waals surface area contributed by atoms with E-state index in [0.717, 1.165) is 5.56 Å². The molecule has 2 aromatic rings. The van der Waals surface area contributed by atoms with Gasteiger partial charge < -0.3 is 19.3 Å². The summed E-state index contributed by atoms with van der Waals surface area (Å²) in [5, 5.41) is 9.58. The van der Waals surface area contributed by atoms with Crippen molar-refractivity contribution in [1.29, 1.82) is 0 Å². The number of hydrogen-bond donors (Lipinski definition) is 1. The zero-order valence-electron chi connectivity index (χ0n) is 12.3. The fourth-order valence-electron chi connectivity index (χ4n) is 1.92. The maximum Gasteiger partial charge on any atom is 0.168 e. The molecule has 0 aliphatic heterocycles. The highest BCUT2D eigenvalue weighted by molar-refractivity contribution is 5.57. The molecule has 0 spiro atoms. The van der Waals surface area contributed by atoms with Crippen molar-refractivity contribution >= 4 is 6.08 Å². The lowest BCUT2D eigenvalue weighted by molar-refractivity contribution is 0.363. The molecule has 1 N–H and O–H groups in total. The normalized spacial score (nSPS) is 11.1. The smallest absolute Gasteiger partial charge is 0.168 e. The third-order valence-corrected chi connectivity index (χ3v) is 2.91. The van der Waals surface area contributed by atoms with Crippen molar-refractivity contribution in [3.8, 4) is 23.0 Å². The minimum absolute atomic E-state index is 0.109. The van der Waals surface area contributed by atoms with Crippen LogP contribution in [0, 0.1) is 0 Å². The molecule has 0 saturated carbocycles. The van der Waals surface area contributed by atoms with Crippen LogP contribution in [-0.4, -0.2) is 19.3 Å². The highest BCUT2D eigenvalue weighted by Gasteiger charge is 2.05. The van der Waals surface area contributed by atoms with E-state index in [1.807, 2.05) is 37.3 Å². The molecule has 0 amide bonds. The highest BCUT2D eigenvalue weighted by Crippen LogP contribution is 2.29. The number of methoxy groups -OCH3 is 2. The highest BCUT2D eigenvalue weighted by atomic mass is 16.5. The van der Waals surface area contributed by atoms with Crippen LogP contribution >= 0.6 is 0 Å². The van der Waals surface area contributed by atoms with Crippen LogP contribution in [0.1, 0.15) is 12.5 Å². The molecule has 0 heterocycles. The average Bonchev–Trinajstić information content (AvgIpc) is 2.49. The summed E-state index contributed by atoms with van der Waals surface area (Å²) in [6, 6.07) is 12.6. The Morgan fingerprint density at radius 1 is 0.952 bits per heavy atom. The first-order valence-electron chi connectivity index (χ1n) is 6.50. The lowest BCUT2D eigenvalue weighted by Crippen LogP contribution is -1.94. The van der Waals surface area contributed by atoms with Crippen molar-refractivity contribution in [2.24, 2.45) is 0 Å². The first kappa shape index (κ1) is 14.8. The van der Waals surface area contributed by atoms with E-state index >= 15 is 0 Å². The first-order valence-corrected chi connectivity index (χ1v) is 6.50. The fraction of sp³-hybridized carbons (Fsp3) is 0.176. The zero-order valence-corrected chi connectivity index (χ0v) is 12.3. The minimum atomic E-state index is 0.109. The van der Waals surface area contributed by atoms with Crippen LogP contribution < -0.4 is 14.2 Å². The number of aromatic hydroxyl groups is 1. The predicted octanol–water partition coefficient (Wildman–Crippen LogP) is 3.85. The summed E-state index contributed by atoms with van der Waals surface area (Å²) in [4.78, 5) is 0. The largest absolute Gasteiger partial charge is 0.504 e. The van der Waals surface area contributed by atoms with E-state index in [4.69, 9.17) is 14.2 Å². The Hall–Kier alpha value is -2.62. The van der Waals surface area contributed by atoms with Gasteiger partial charge in [0.2, 0.25) is 0 Å². The van der Waals surface area contributed by atoms with Crippen LogP contribution in [-0.2, 0) is 0 Å². The van der Waals surface area contributed by atoms with Crippen molar-refractivity contribution < 1.29 is 19.3 Å². The van der Waals surface area contributed by atoms with E-state index in [9.17, 15) is 5.11 Å². The van der Waals surface area contributed by atoms with Crippen LogP contribution in [0.3, 0.4) is 0 Å². The molecule has 0 aliphatic carbocycles. The van der Waals surface area contributed by atoms with Gasteiger partial charge in [-0.2, -0.15) is 0 Å². The van der Waals surface area contributed by atoms with Gasteiger partial charge in [0.05, 0.1) is 14.2 Å². The number of hydrogen-bond acceptors (Lipinski definition) is 4. The Morgan fingerprint density at radius 2 is 1.62 bits per heavy atom. The molecule has 2 aromatic carbocycles. The van der Waals surface area contributed by atoms with E-state index in [2.05, 4.69) is 0 Å². The van der Waals surface area contributed by atoms with Crippen LogP contribution in [0.5, 0.6) is 23.0 Å². The lowest BCUT2D eigenvalue weighted by Gasteiger charge is -2.10. The molecule has 4 nitrogen and oxygen atoms in total. The number of phenols is 1. The summed E-state index contributed by atoms with van der Waals surface area (Å²) < 4.78 is 16.1. The first-order chi connectivity index (χ1) is 10.1. The molecule has 0 fully saturated rings. The van der Waals surface area contributed by atoms with Gasteiger partial charge in [-0.05, 0) is 42.8 Å². The van der Waals surface area contributed by atoms with Gasteiger partial charge in [0.1, 0.15) is 5.76 Å². The molecule has 0 saturated heterocycles. The van der Waals surface area contributed by atoms with E-state index in [0.29, 0.717) is 23.0 Å². The van der Waals surface area contributed by atoms with Crippen molar-refractivity contribution in [2.75, 3.05) is 14.2 Å². The summed E-state index contributed by atoms with van der Waals surface area (Å²) in [7, 11) is 3.12. The van der Waals surface area contributed by atoms with E-state index in [-0.39, 0.29) is 5.75 Å². The number of benzene rings is 2. The van der Waals surface area contributed by atoms with Crippen LogP contribution in [0.4, 0.5) is 0 Å². The van der Waals surface area contributed by atoms with E-state index < -0.39 is 0 Å². The number of allylic oxidation sites excluding steroid dienone is 1. The Morgan fingerprint density at radius 3 is 2.29 bits per heavy atom. The monoisotopic (exact) mass is 286 g/mol. The van der Waals surface area contributed by atoms with Crippen molar-refractivity contribution in [2.45, 2.75) is 6.92 Å². The Labute approximate surface area is 124 Å². The Balaban J connectivity index is 2.21. The van der Waals surface area contributed by atoms with Gasteiger partial charge in [0.15, 0.2) is 23.0 Å². The van der Waals surface area contributed by atoms with E-state index in [1.54, 1.807) is 25.3 Å². The third kappa shape index (κ3) is 3.69. The molecule has 0 unspecified atom stereocenters. The van der Waals surface area contributed by atoms with Gasteiger partial charge in [-0.15, -0.1) is 0 Å². The topological polar surface area (TPSA) is 47.9 Å². The zero-order chi connectivity index (χ0) is 15.2. The average molecular weight is 286 g/mol. The summed E-state index contributed by atoms with van der Waals surface area (Å²) in [6.45, 7) is 1.85. The van der Waals surface area contributed by atoms with Gasteiger partial charge in [-0.3, -0.25) is 0 Å². The second-order valence-corrected chi connectivity index (χ2v) is 4.44. The predicted molar refractivity (Wildman–Crippen MR) is 81.9 cm³/mol. The van der Waals surface area contributed by atoms with Crippen LogP contribution in [0.2, 0.25) is 0 Å². The molecule has 21 heavy (non-hydrogen) atoms. The molecular formula is C17H18O4. The molecule has 0 aromatic heterocycles. The number of para-hydroxylation sites is 2. The van der Waals surface area contributed by atoms with Gasteiger partial charge in [-0.25, -0.2) is 0 Å². The summed E-state index contributed by atoms with van der Waals surface area (Å²) in [6.07, 6.45) is 1.86. The molecular weight excluding hydrogens is 268 g/mol. The van der Waals surface area contributed by atoms with Gasteiger partial charge in [0, 0.05) is 0 Å². The second kappa shape index (κ2) is 6.70. The number of rotatable bonds is 5. The Bertz CT molecular complexity index is 647. The molecule has 0 bridgehead atoms. The third-order valence-electron chi connectivity index (χ3n) is 2.91. The van der Waals surface area contributed by atoms with Crippen LogP contribution in [0.15, 0.2) is 48.2 Å². The quantitative estimate of drug-likeness (QED) is 0.848. The maximum absolute atomic E-state index is 9.58.